The third-order valence-corrected chi connectivity index (χ3v) is 7.09. The standard InChI is InChI=1S/C25H22ClN5O2/c26-17-12-10-16(11-13-17)21-14-20(15-6-2-1-3-7-15)27-24-28-25(29-31(21)24)30-22(32)18-8-4-5-9-19(18)23(30)33/h1-7,10-13,18-21H,8-9,14H2,(H,27,28,29)/t18-,19-,20-,21-/m0/s1. The van der Waals surface area contributed by atoms with Crippen LogP contribution in [0.25, 0.3) is 0 Å². The molecule has 8 heteroatoms. The van der Waals surface area contributed by atoms with E-state index in [-0.39, 0.29) is 41.7 Å². The Morgan fingerprint density at radius 1 is 0.879 bits per heavy atom. The van der Waals surface area contributed by atoms with Gasteiger partial charge in [0.2, 0.25) is 17.8 Å². The Balaban J connectivity index is 1.41. The summed E-state index contributed by atoms with van der Waals surface area (Å²) in [5, 5.41) is 8.80. The molecule has 1 fully saturated rings. The molecule has 1 aliphatic carbocycles. The fraction of sp³-hybridized carbons (Fsp3) is 0.280. The van der Waals surface area contributed by atoms with Crippen molar-refractivity contribution < 1.29 is 9.59 Å². The van der Waals surface area contributed by atoms with Crippen LogP contribution >= 0.6 is 11.6 Å². The number of carbonyl (C=O) groups excluding carboxylic acids is 2. The van der Waals surface area contributed by atoms with Gasteiger partial charge in [0.25, 0.3) is 5.95 Å². The van der Waals surface area contributed by atoms with Crippen LogP contribution in [0.1, 0.15) is 42.5 Å². The lowest BCUT2D eigenvalue weighted by Gasteiger charge is -2.31. The lowest BCUT2D eigenvalue weighted by atomic mass is 9.85. The number of hydrogen-bond donors (Lipinski definition) is 1. The van der Waals surface area contributed by atoms with Crippen LogP contribution in [0.3, 0.4) is 0 Å². The smallest absolute Gasteiger partial charge is 0.260 e. The molecule has 1 N–H and O–H groups in total. The summed E-state index contributed by atoms with van der Waals surface area (Å²) in [5.74, 6) is -0.367. The second-order valence-corrected chi connectivity index (χ2v) is 9.19. The number of nitrogens with zero attached hydrogens (tertiary/aromatic N) is 4. The molecule has 3 aliphatic rings. The average Bonchev–Trinajstić information content (AvgIpc) is 3.38. The second kappa shape index (κ2) is 7.85. The van der Waals surface area contributed by atoms with Gasteiger partial charge in [-0.05, 0) is 42.5 Å². The minimum absolute atomic E-state index is 0.00758. The van der Waals surface area contributed by atoms with Crippen molar-refractivity contribution in [1.29, 1.82) is 0 Å². The van der Waals surface area contributed by atoms with E-state index in [1.165, 1.54) is 4.90 Å². The normalized spacial score (nSPS) is 26.2. The zero-order valence-electron chi connectivity index (χ0n) is 17.8. The first-order valence-electron chi connectivity index (χ1n) is 11.2. The van der Waals surface area contributed by atoms with Gasteiger partial charge in [-0.15, -0.1) is 5.10 Å². The van der Waals surface area contributed by atoms with Crippen molar-refractivity contribution in [2.75, 3.05) is 10.2 Å². The van der Waals surface area contributed by atoms with Crippen LogP contribution < -0.4 is 10.2 Å². The number of aromatic nitrogens is 3. The predicted molar refractivity (Wildman–Crippen MR) is 125 cm³/mol. The monoisotopic (exact) mass is 459 g/mol. The molecule has 1 saturated heterocycles. The van der Waals surface area contributed by atoms with Crippen molar-refractivity contribution >= 4 is 35.3 Å². The number of amides is 2. The summed E-state index contributed by atoms with van der Waals surface area (Å²) in [7, 11) is 0. The molecule has 3 aromatic rings. The molecule has 0 radical (unpaired) electrons. The zero-order valence-corrected chi connectivity index (χ0v) is 18.5. The summed E-state index contributed by atoms with van der Waals surface area (Å²) in [6, 6.07) is 17.7. The Labute approximate surface area is 196 Å². The third kappa shape index (κ3) is 3.35. The molecule has 0 unspecified atom stereocenters. The van der Waals surface area contributed by atoms with Crippen LogP contribution in [0.2, 0.25) is 5.02 Å². The molecule has 2 aliphatic heterocycles. The van der Waals surface area contributed by atoms with Gasteiger partial charge in [-0.25, -0.2) is 9.58 Å². The summed E-state index contributed by atoms with van der Waals surface area (Å²) in [6.07, 6.45) is 5.86. The van der Waals surface area contributed by atoms with Gasteiger partial charge in [-0.2, -0.15) is 4.98 Å². The van der Waals surface area contributed by atoms with Crippen LogP contribution in [0.5, 0.6) is 0 Å². The van der Waals surface area contributed by atoms with Crippen molar-refractivity contribution in [3.63, 3.8) is 0 Å². The van der Waals surface area contributed by atoms with E-state index in [1.54, 1.807) is 4.68 Å². The maximum atomic E-state index is 13.1. The van der Waals surface area contributed by atoms with E-state index in [9.17, 15) is 9.59 Å². The number of allylic oxidation sites excluding steroid dienone is 2. The number of hydrogen-bond acceptors (Lipinski definition) is 5. The zero-order chi connectivity index (χ0) is 22.5. The first kappa shape index (κ1) is 20.2. The molecule has 3 heterocycles. The molecule has 0 spiro atoms. The second-order valence-electron chi connectivity index (χ2n) is 8.76. The Bertz CT molecular complexity index is 1230. The number of imide groups is 1. The third-order valence-electron chi connectivity index (χ3n) is 6.84. The summed E-state index contributed by atoms with van der Waals surface area (Å²) in [4.78, 5) is 32.0. The van der Waals surface area contributed by atoms with Crippen molar-refractivity contribution in [3.8, 4) is 0 Å². The van der Waals surface area contributed by atoms with E-state index >= 15 is 0 Å². The molecule has 6 rings (SSSR count). The number of rotatable bonds is 3. The quantitative estimate of drug-likeness (QED) is 0.459. The average molecular weight is 460 g/mol. The minimum Gasteiger partial charge on any atom is -0.347 e. The fourth-order valence-electron chi connectivity index (χ4n) is 5.12. The molecular weight excluding hydrogens is 438 g/mol. The molecule has 2 aromatic carbocycles. The molecule has 0 bridgehead atoms. The highest BCUT2D eigenvalue weighted by Gasteiger charge is 2.49. The largest absolute Gasteiger partial charge is 0.347 e. The minimum atomic E-state index is -0.319. The topological polar surface area (TPSA) is 80.1 Å². The Hall–Kier alpha value is -3.45. The Morgan fingerprint density at radius 2 is 1.55 bits per heavy atom. The summed E-state index contributed by atoms with van der Waals surface area (Å²) in [5.41, 5.74) is 2.18. The predicted octanol–water partition coefficient (Wildman–Crippen LogP) is 4.53. The molecule has 1 aromatic heterocycles. The maximum absolute atomic E-state index is 13.1. The number of fused-ring (bicyclic) bond motifs is 2. The Kier molecular flexibility index (Phi) is 4.80. The van der Waals surface area contributed by atoms with Gasteiger partial charge in [0.1, 0.15) is 0 Å². The van der Waals surface area contributed by atoms with Crippen molar-refractivity contribution in [1.82, 2.24) is 14.8 Å². The van der Waals surface area contributed by atoms with Crippen LogP contribution in [-0.4, -0.2) is 26.6 Å². The van der Waals surface area contributed by atoms with E-state index in [2.05, 4.69) is 27.5 Å². The van der Waals surface area contributed by atoms with Crippen molar-refractivity contribution in [2.45, 2.75) is 31.3 Å². The molecule has 2 amide bonds. The van der Waals surface area contributed by atoms with Gasteiger partial charge in [0, 0.05) is 5.02 Å². The summed E-state index contributed by atoms with van der Waals surface area (Å²) >= 11 is 6.12. The molecule has 166 valence electrons. The number of benzene rings is 2. The van der Waals surface area contributed by atoms with E-state index in [4.69, 9.17) is 11.6 Å². The van der Waals surface area contributed by atoms with Crippen molar-refractivity contribution in [2.24, 2.45) is 11.8 Å². The number of nitrogens with one attached hydrogen (secondary N) is 1. The van der Waals surface area contributed by atoms with E-state index in [1.807, 2.05) is 54.6 Å². The van der Waals surface area contributed by atoms with Gasteiger partial charge in [-0.3, -0.25) is 9.59 Å². The van der Waals surface area contributed by atoms with Crippen LogP contribution in [0, 0.1) is 11.8 Å². The van der Waals surface area contributed by atoms with Gasteiger partial charge >= 0.3 is 0 Å². The highest BCUT2D eigenvalue weighted by Crippen LogP contribution is 2.41. The van der Waals surface area contributed by atoms with E-state index in [0.29, 0.717) is 23.8 Å². The molecular formula is C25H22ClN5O2. The van der Waals surface area contributed by atoms with Gasteiger partial charge in [0.15, 0.2) is 0 Å². The van der Waals surface area contributed by atoms with E-state index < -0.39 is 0 Å². The number of carbonyl (C=O) groups is 2. The van der Waals surface area contributed by atoms with Crippen LogP contribution in [-0.2, 0) is 9.59 Å². The van der Waals surface area contributed by atoms with Gasteiger partial charge in [-0.1, -0.05) is 66.2 Å². The number of halogens is 1. The summed E-state index contributed by atoms with van der Waals surface area (Å²) in [6.45, 7) is 0. The Morgan fingerprint density at radius 3 is 2.21 bits per heavy atom. The van der Waals surface area contributed by atoms with E-state index in [0.717, 1.165) is 17.5 Å². The van der Waals surface area contributed by atoms with Gasteiger partial charge in [0.05, 0.1) is 23.9 Å². The highest BCUT2D eigenvalue weighted by atomic mass is 35.5. The van der Waals surface area contributed by atoms with Gasteiger partial charge < -0.3 is 5.32 Å². The first-order chi connectivity index (χ1) is 16.1. The lowest BCUT2D eigenvalue weighted by Crippen LogP contribution is -2.32. The summed E-state index contributed by atoms with van der Waals surface area (Å²) < 4.78 is 1.79. The lowest BCUT2D eigenvalue weighted by molar-refractivity contribution is -0.122. The maximum Gasteiger partial charge on any atom is 0.260 e. The molecule has 33 heavy (non-hydrogen) atoms. The molecule has 7 nitrogen and oxygen atoms in total. The first-order valence-corrected chi connectivity index (χ1v) is 11.5. The van der Waals surface area contributed by atoms with Crippen LogP contribution in [0.15, 0.2) is 66.7 Å². The fourth-order valence-corrected chi connectivity index (χ4v) is 5.25. The molecule has 0 saturated carbocycles. The highest BCUT2D eigenvalue weighted by molar-refractivity contribution is 6.30. The SMILES string of the molecule is O=C1[C@H]2CC=CC[C@@H]2C(=O)N1c1nc2n(n1)[C@H](c1ccc(Cl)cc1)C[C@@H](c1ccccc1)N2. The number of anilines is 2. The van der Waals surface area contributed by atoms with Crippen LogP contribution in [0.4, 0.5) is 11.9 Å². The molecule has 4 atom stereocenters. The van der Waals surface area contributed by atoms with Crippen molar-refractivity contribution in [3.05, 3.63) is 82.9 Å².